The summed E-state index contributed by atoms with van der Waals surface area (Å²) in [5, 5.41) is 20.6. The van der Waals surface area contributed by atoms with Crippen molar-refractivity contribution in [2.45, 2.75) is 35.9 Å². The fourth-order valence-electron chi connectivity index (χ4n) is 6.05. The van der Waals surface area contributed by atoms with E-state index in [9.17, 15) is 31.5 Å². The van der Waals surface area contributed by atoms with Crippen LogP contribution in [0.3, 0.4) is 0 Å². The van der Waals surface area contributed by atoms with Crippen molar-refractivity contribution in [3.8, 4) is 16.9 Å². The van der Waals surface area contributed by atoms with Gasteiger partial charge < -0.3 is 15.3 Å². The molecule has 0 saturated carbocycles. The van der Waals surface area contributed by atoms with Crippen LogP contribution in [0, 0.1) is 0 Å². The summed E-state index contributed by atoms with van der Waals surface area (Å²) in [6.07, 6.45) is -0.883. The maximum Gasteiger partial charge on any atom is 0.418 e. The number of nitrogens with one attached hydrogen (secondary N) is 2. The lowest BCUT2D eigenvalue weighted by Gasteiger charge is -2.35. The van der Waals surface area contributed by atoms with Crippen molar-refractivity contribution in [3.63, 3.8) is 0 Å². The number of carbonyl (C=O) groups excluding carboxylic acids is 1. The van der Waals surface area contributed by atoms with Crippen LogP contribution in [-0.2, 0) is 29.2 Å². The van der Waals surface area contributed by atoms with Crippen LogP contribution in [0.5, 0.6) is 5.75 Å². The highest BCUT2D eigenvalue weighted by Crippen LogP contribution is 2.36. The summed E-state index contributed by atoms with van der Waals surface area (Å²) in [4.78, 5) is 21.6. The number of rotatable bonds is 13. The highest BCUT2D eigenvalue weighted by atomic mass is 32.2. The number of aromatic nitrogens is 3. The molecule has 11 nitrogen and oxygen atoms in total. The van der Waals surface area contributed by atoms with E-state index in [-0.39, 0.29) is 23.7 Å². The number of sulfonamides is 1. The second-order valence-electron chi connectivity index (χ2n) is 12.5. The molecule has 3 aromatic carbocycles. The number of benzene rings is 3. The van der Waals surface area contributed by atoms with Crippen LogP contribution in [0.4, 0.5) is 24.7 Å². The van der Waals surface area contributed by atoms with E-state index in [1.165, 1.54) is 35.2 Å². The Hall–Kier alpha value is -5.19. The number of aryl methyl sites for hydroxylation is 1. The van der Waals surface area contributed by atoms with Crippen molar-refractivity contribution in [1.82, 2.24) is 24.8 Å². The molecule has 16 heteroatoms. The van der Waals surface area contributed by atoms with Crippen LogP contribution >= 0.6 is 11.8 Å². The van der Waals surface area contributed by atoms with Crippen LogP contribution in [0.1, 0.15) is 34.1 Å². The van der Waals surface area contributed by atoms with E-state index in [0.717, 1.165) is 54.2 Å². The molecule has 2 aromatic heterocycles. The Balaban J connectivity index is 1.03. The first-order valence-corrected chi connectivity index (χ1v) is 19.6. The van der Waals surface area contributed by atoms with Crippen molar-refractivity contribution >= 4 is 39.2 Å². The molecule has 3 N–H and O–H groups in total. The van der Waals surface area contributed by atoms with Crippen LogP contribution in [0.15, 0.2) is 107 Å². The molecule has 54 heavy (non-hydrogen) atoms. The van der Waals surface area contributed by atoms with Gasteiger partial charge in [0, 0.05) is 67.4 Å². The number of carbonyl (C=O) groups is 1. The van der Waals surface area contributed by atoms with E-state index in [4.69, 9.17) is 0 Å². The summed E-state index contributed by atoms with van der Waals surface area (Å²) in [6.45, 7) is 5.82. The van der Waals surface area contributed by atoms with Gasteiger partial charge in [-0.05, 0) is 71.6 Å². The van der Waals surface area contributed by atoms with Gasteiger partial charge in [0.25, 0.3) is 15.9 Å². The Kier molecular flexibility index (Phi) is 12.0. The van der Waals surface area contributed by atoms with Gasteiger partial charge in [0.05, 0.1) is 16.7 Å². The fourth-order valence-corrected chi connectivity index (χ4v) is 7.83. The Bertz CT molecular complexity index is 2180. The Morgan fingerprint density at radius 2 is 1.67 bits per heavy atom. The molecule has 1 aliphatic heterocycles. The molecule has 282 valence electrons. The molecule has 0 atom stereocenters. The molecule has 1 fully saturated rings. The number of hydrogen-bond donors (Lipinski definition) is 3. The summed E-state index contributed by atoms with van der Waals surface area (Å²) in [7, 11) is -4.68. The molecule has 0 spiro atoms. The second kappa shape index (κ2) is 16.9. The molecular weight excluding hydrogens is 740 g/mol. The highest BCUT2D eigenvalue weighted by Gasteiger charge is 2.35. The molecular formula is C38H38F3N7O4S2. The summed E-state index contributed by atoms with van der Waals surface area (Å²) in [5.74, 6) is -0.0206. The lowest BCUT2D eigenvalue weighted by molar-refractivity contribution is -0.137. The minimum atomic E-state index is -4.85. The number of pyridine rings is 1. The topological polar surface area (TPSA) is 141 Å². The van der Waals surface area contributed by atoms with E-state index in [0.29, 0.717) is 30.7 Å². The van der Waals surface area contributed by atoms with Crippen LogP contribution < -0.4 is 14.9 Å². The third-order valence-electron chi connectivity index (χ3n) is 8.88. The molecule has 0 aliphatic carbocycles. The number of thioether (sulfide) groups is 1. The minimum absolute atomic E-state index is 0.115. The lowest BCUT2D eigenvalue weighted by atomic mass is 9.98. The van der Waals surface area contributed by atoms with Crippen molar-refractivity contribution < 1.29 is 31.5 Å². The van der Waals surface area contributed by atoms with Crippen molar-refractivity contribution in [3.05, 3.63) is 120 Å². The zero-order valence-electron chi connectivity index (χ0n) is 29.3. The van der Waals surface area contributed by atoms with E-state index in [2.05, 4.69) is 44.5 Å². The Morgan fingerprint density at radius 3 is 2.35 bits per heavy atom. The van der Waals surface area contributed by atoms with Gasteiger partial charge in [-0.2, -0.15) is 13.2 Å². The Morgan fingerprint density at radius 1 is 0.889 bits per heavy atom. The molecule has 1 saturated heterocycles. The number of alkyl halides is 3. The van der Waals surface area contributed by atoms with Crippen molar-refractivity contribution in [2.24, 2.45) is 0 Å². The van der Waals surface area contributed by atoms with Crippen LogP contribution in [0.25, 0.3) is 11.1 Å². The average molecular weight is 778 g/mol. The first kappa shape index (κ1) is 38.5. The van der Waals surface area contributed by atoms with E-state index in [1.54, 1.807) is 18.3 Å². The number of anilines is 2. The summed E-state index contributed by atoms with van der Waals surface area (Å²) >= 11 is 1.47. The first-order valence-electron chi connectivity index (χ1n) is 17.2. The summed E-state index contributed by atoms with van der Waals surface area (Å²) in [5.41, 5.74) is 2.51. The minimum Gasteiger partial charge on any atom is -0.506 e. The third kappa shape index (κ3) is 9.67. The van der Waals surface area contributed by atoms with Gasteiger partial charge in [0.15, 0.2) is 11.5 Å². The van der Waals surface area contributed by atoms with Gasteiger partial charge in [0.2, 0.25) is 0 Å². The predicted octanol–water partition coefficient (Wildman–Crippen LogP) is 6.47. The van der Waals surface area contributed by atoms with Crippen LogP contribution in [-0.4, -0.2) is 78.0 Å². The largest absolute Gasteiger partial charge is 0.506 e. The van der Waals surface area contributed by atoms with Gasteiger partial charge in [0.1, 0.15) is 5.75 Å². The van der Waals surface area contributed by atoms with E-state index < -0.39 is 32.6 Å². The smallest absolute Gasteiger partial charge is 0.418 e. The number of nitrogens with zero attached hydrogens (tertiary/aromatic N) is 5. The molecule has 1 aliphatic rings. The van der Waals surface area contributed by atoms with Crippen LogP contribution in [0.2, 0.25) is 0 Å². The molecule has 0 bridgehead atoms. The number of hydrogen-bond acceptors (Lipinski definition) is 11. The van der Waals surface area contributed by atoms with E-state index >= 15 is 0 Å². The normalized spacial score (nSPS) is 13.8. The maximum atomic E-state index is 14.0. The lowest BCUT2D eigenvalue weighted by Crippen LogP contribution is -2.46. The standard InChI is InChI=1S/C38H38F3N7O4S2/c1-2-26-20-27(29-21-30(49)24-42-23-29)8-9-28(26)25-47-15-17-48(18-16-47)36-13-12-35(44-45-36)37(50)46-54(51,52)32-10-11-34(33(22-32)38(39,40)41)43-14-19-53-31-6-4-3-5-7-31/h3-13,20-24,43,49H,2,14-19,25H2,1H3,(H,46,50). The molecule has 5 aromatic rings. The fraction of sp³-hybridized carbons (Fsp3) is 0.263. The monoisotopic (exact) mass is 777 g/mol. The van der Waals surface area contributed by atoms with Gasteiger partial charge in [-0.15, -0.1) is 22.0 Å². The number of piperazine rings is 1. The second-order valence-corrected chi connectivity index (χ2v) is 15.4. The molecule has 1 amide bonds. The SMILES string of the molecule is CCc1cc(-c2cncc(O)c2)ccc1CN1CCN(c2ccc(C(=O)NS(=O)(=O)c3ccc(NCCSc4ccccc4)c(C(F)(F)F)c3)nn2)CC1. The highest BCUT2D eigenvalue weighted by molar-refractivity contribution is 7.99. The molecule has 0 radical (unpaired) electrons. The van der Waals surface area contributed by atoms with Crippen molar-refractivity contribution in [2.75, 3.05) is 48.7 Å². The van der Waals surface area contributed by atoms with Gasteiger partial charge in [-0.25, -0.2) is 13.1 Å². The van der Waals surface area contributed by atoms with Gasteiger partial charge >= 0.3 is 6.18 Å². The zero-order valence-corrected chi connectivity index (χ0v) is 30.9. The number of halogens is 3. The molecule has 0 unspecified atom stereocenters. The maximum absolute atomic E-state index is 14.0. The Labute approximate surface area is 315 Å². The van der Waals surface area contributed by atoms with Gasteiger partial charge in [-0.1, -0.05) is 43.3 Å². The quantitative estimate of drug-likeness (QED) is 0.0896. The average Bonchev–Trinajstić information content (AvgIpc) is 3.17. The third-order valence-corrected chi connectivity index (χ3v) is 11.2. The molecule has 3 heterocycles. The number of amides is 1. The van der Waals surface area contributed by atoms with Gasteiger partial charge in [-0.3, -0.25) is 14.7 Å². The summed E-state index contributed by atoms with van der Waals surface area (Å²) in [6, 6.07) is 22.8. The number of aromatic hydroxyl groups is 1. The summed E-state index contributed by atoms with van der Waals surface area (Å²) < 4.78 is 69.8. The predicted molar refractivity (Wildman–Crippen MR) is 202 cm³/mol. The van der Waals surface area contributed by atoms with Crippen molar-refractivity contribution in [1.29, 1.82) is 0 Å². The first-order chi connectivity index (χ1) is 25.9. The zero-order chi connectivity index (χ0) is 38.3. The molecule has 6 rings (SSSR count). The van der Waals surface area contributed by atoms with E-state index in [1.807, 2.05) is 46.0 Å².